The number of nitrogens with zero attached hydrogens (tertiary/aromatic N) is 1. The molecule has 0 aromatic heterocycles. The van der Waals surface area contributed by atoms with Crippen LogP contribution in [-0.4, -0.2) is 37.0 Å². The van der Waals surface area contributed by atoms with Crippen molar-refractivity contribution in [3.63, 3.8) is 0 Å². The Bertz CT molecular complexity index is 648. The number of amides is 1. The van der Waals surface area contributed by atoms with Crippen molar-refractivity contribution in [2.75, 3.05) is 20.2 Å². The third-order valence-corrected chi connectivity index (χ3v) is 4.22. The van der Waals surface area contributed by atoms with Crippen molar-refractivity contribution in [3.05, 3.63) is 66.2 Å². The summed E-state index contributed by atoms with van der Waals surface area (Å²) in [7, 11) is 1.81. The minimum Gasteiger partial charge on any atom is -0.492 e. The summed E-state index contributed by atoms with van der Waals surface area (Å²) in [5.74, 6) is 0.903. The first kappa shape index (κ1) is 16.5. The van der Waals surface area contributed by atoms with Gasteiger partial charge in [0.15, 0.2) is 0 Å². The minimum absolute atomic E-state index is 0.0811. The Morgan fingerprint density at radius 3 is 2.46 bits per heavy atom. The van der Waals surface area contributed by atoms with Gasteiger partial charge in [0.25, 0.3) is 0 Å². The highest BCUT2D eigenvalue weighted by atomic mass is 16.5. The molecule has 2 aromatic rings. The van der Waals surface area contributed by atoms with Crippen LogP contribution >= 0.6 is 0 Å². The largest absolute Gasteiger partial charge is 0.492 e. The fraction of sp³-hybridized carbons (Fsp3) is 0.316. The zero-order valence-electron chi connectivity index (χ0n) is 13.8. The highest BCUT2D eigenvalue weighted by Crippen LogP contribution is 2.22. The lowest BCUT2D eigenvalue weighted by molar-refractivity contribution is -0.132. The van der Waals surface area contributed by atoms with Gasteiger partial charge in [0, 0.05) is 13.1 Å². The highest BCUT2D eigenvalue weighted by molar-refractivity contribution is 5.82. The number of nitrogens with one attached hydrogen (secondary N) is 2. The molecule has 0 saturated carbocycles. The zero-order valence-corrected chi connectivity index (χ0v) is 13.8. The predicted molar refractivity (Wildman–Crippen MR) is 93.4 cm³/mol. The summed E-state index contributed by atoms with van der Waals surface area (Å²) in [6.45, 7) is 1.04. The van der Waals surface area contributed by atoms with E-state index in [-0.39, 0.29) is 18.0 Å². The van der Waals surface area contributed by atoms with Gasteiger partial charge in [-0.2, -0.15) is 0 Å². The van der Waals surface area contributed by atoms with Crippen molar-refractivity contribution in [3.8, 4) is 5.75 Å². The number of hydrogen-bond donors (Lipinski definition) is 2. The zero-order chi connectivity index (χ0) is 16.8. The van der Waals surface area contributed by atoms with Gasteiger partial charge in [-0.15, -0.1) is 0 Å². The second kappa shape index (κ2) is 7.95. The Morgan fingerprint density at radius 2 is 1.75 bits per heavy atom. The summed E-state index contributed by atoms with van der Waals surface area (Å²) < 4.78 is 5.65. The Balaban J connectivity index is 1.46. The van der Waals surface area contributed by atoms with Gasteiger partial charge in [-0.1, -0.05) is 48.5 Å². The fourth-order valence-corrected chi connectivity index (χ4v) is 2.82. The number of hydrazine groups is 1. The molecule has 0 bridgehead atoms. The highest BCUT2D eigenvalue weighted by Gasteiger charge is 2.31. The Hall–Kier alpha value is -2.37. The van der Waals surface area contributed by atoms with E-state index in [4.69, 9.17) is 4.74 Å². The molecular weight excluding hydrogens is 302 g/mol. The van der Waals surface area contributed by atoms with Gasteiger partial charge in [0.05, 0.1) is 6.54 Å². The molecule has 1 amide bonds. The molecular formula is C19H23N3O2. The number of hydrogen-bond acceptors (Lipinski definition) is 4. The smallest absolute Gasteiger partial charge is 0.240 e. The van der Waals surface area contributed by atoms with Gasteiger partial charge >= 0.3 is 0 Å². The van der Waals surface area contributed by atoms with Crippen LogP contribution in [0, 0.1) is 0 Å². The lowest BCUT2D eigenvalue weighted by Crippen LogP contribution is -2.45. The molecule has 1 saturated heterocycles. The molecule has 5 heteroatoms. The fourth-order valence-electron chi connectivity index (χ4n) is 2.82. The predicted octanol–water partition coefficient (Wildman–Crippen LogP) is 2.13. The van der Waals surface area contributed by atoms with Crippen LogP contribution in [0.4, 0.5) is 0 Å². The second-order valence-corrected chi connectivity index (χ2v) is 5.96. The van der Waals surface area contributed by atoms with Crippen molar-refractivity contribution < 1.29 is 9.53 Å². The van der Waals surface area contributed by atoms with E-state index < -0.39 is 0 Å². The third kappa shape index (κ3) is 4.13. The van der Waals surface area contributed by atoms with E-state index in [1.165, 1.54) is 5.56 Å². The molecule has 2 atom stereocenters. The average molecular weight is 325 g/mol. The van der Waals surface area contributed by atoms with E-state index in [0.29, 0.717) is 13.2 Å². The topological polar surface area (TPSA) is 53.6 Å². The van der Waals surface area contributed by atoms with Crippen LogP contribution in [0.5, 0.6) is 5.75 Å². The molecule has 1 heterocycles. The van der Waals surface area contributed by atoms with Crippen molar-refractivity contribution in [2.45, 2.75) is 18.5 Å². The van der Waals surface area contributed by atoms with E-state index >= 15 is 0 Å². The summed E-state index contributed by atoms with van der Waals surface area (Å²) in [6.07, 6.45) is 0.743. The van der Waals surface area contributed by atoms with Gasteiger partial charge < -0.3 is 9.64 Å². The summed E-state index contributed by atoms with van der Waals surface area (Å²) in [5.41, 5.74) is 7.51. The minimum atomic E-state index is -0.211. The molecule has 0 aliphatic carbocycles. The number of ether oxygens (including phenoxy) is 1. The van der Waals surface area contributed by atoms with Crippen LogP contribution in [0.2, 0.25) is 0 Å². The Labute approximate surface area is 142 Å². The summed E-state index contributed by atoms with van der Waals surface area (Å²) in [4.78, 5) is 14.3. The molecule has 5 nitrogen and oxygen atoms in total. The molecule has 2 N–H and O–H groups in total. The number of benzene rings is 2. The summed E-state index contributed by atoms with van der Waals surface area (Å²) in [6, 6.07) is 19.8. The first-order valence-corrected chi connectivity index (χ1v) is 8.23. The van der Waals surface area contributed by atoms with Crippen LogP contribution in [-0.2, 0) is 4.79 Å². The number of para-hydroxylation sites is 1. The lowest BCUT2D eigenvalue weighted by Gasteiger charge is -2.21. The second-order valence-electron chi connectivity index (χ2n) is 5.96. The van der Waals surface area contributed by atoms with E-state index in [1.807, 2.05) is 55.6 Å². The first-order chi connectivity index (χ1) is 11.7. The summed E-state index contributed by atoms with van der Waals surface area (Å²) >= 11 is 0. The van der Waals surface area contributed by atoms with Crippen LogP contribution in [0.25, 0.3) is 0 Å². The van der Waals surface area contributed by atoms with Crippen LogP contribution in [0.3, 0.4) is 0 Å². The van der Waals surface area contributed by atoms with E-state index in [2.05, 4.69) is 23.0 Å². The van der Waals surface area contributed by atoms with E-state index in [1.54, 1.807) is 4.90 Å². The average Bonchev–Trinajstić information content (AvgIpc) is 3.13. The normalized spacial score (nSPS) is 19.9. The maximum Gasteiger partial charge on any atom is 0.240 e. The molecule has 3 rings (SSSR count). The Morgan fingerprint density at radius 1 is 1.08 bits per heavy atom. The van der Waals surface area contributed by atoms with Gasteiger partial charge in [0.2, 0.25) is 5.91 Å². The van der Waals surface area contributed by atoms with E-state index in [0.717, 1.165) is 12.2 Å². The molecule has 1 aliphatic heterocycles. The molecule has 2 aromatic carbocycles. The number of likely N-dealkylation sites (N-methyl/N-ethyl adjacent to an activating group) is 1. The summed E-state index contributed by atoms with van der Waals surface area (Å²) in [5, 5.41) is 0. The molecule has 1 fully saturated rings. The molecule has 0 radical (unpaired) electrons. The van der Waals surface area contributed by atoms with Crippen LogP contribution < -0.4 is 15.6 Å². The number of carbonyl (C=O) groups is 1. The van der Waals surface area contributed by atoms with Crippen LogP contribution in [0.1, 0.15) is 18.0 Å². The first-order valence-electron chi connectivity index (χ1n) is 8.23. The van der Waals surface area contributed by atoms with Gasteiger partial charge in [-0.3, -0.25) is 4.79 Å². The lowest BCUT2D eigenvalue weighted by atomic mass is 10.0. The molecule has 126 valence electrons. The monoisotopic (exact) mass is 325 g/mol. The maximum absolute atomic E-state index is 12.5. The maximum atomic E-state index is 12.5. The SMILES string of the molecule is CN(CCOc1ccccc1)C(=O)C1CC(c2ccccc2)NN1. The van der Waals surface area contributed by atoms with Crippen LogP contribution in [0.15, 0.2) is 60.7 Å². The van der Waals surface area contributed by atoms with Crippen molar-refractivity contribution in [1.82, 2.24) is 15.8 Å². The van der Waals surface area contributed by atoms with E-state index in [9.17, 15) is 4.79 Å². The molecule has 24 heavy (non-hydrogen) atoms. The number of rotatable bonds is 6. The molecule has 2 unspecified atom stereocenters. The molecule has 1 aliphatic rings. The quantitative estimate of drug-likeness (QED) is 0.854. The van der Waals surface area contributed by atoms with Gasteiger partial charge in [-0.05, 0) is 24.1 Å². The van der Waals surface area contributed by atoms with Gasteiger partial charge in [-0.25, -0.2) is 10.9 Å². The van der Waals surface area contributed by atoms with Crippen molar-refractivity contribution in [1.29, 1.82) is 0 Å². The van der Waals surface area contributed by atoms with Crippen molar-refractivity contribution in [2.24, 2.45) is 0 Å². The third-order valence-electron chi connectivity index (χ3n) is 4.22. The molecule has 0 spiro atoms. The number of carbonyl (C=O) groups excluding carboxylic acids is 1. The van der Waals surface area contributed by atoms with Crippen molar-refractivity contribution >= 4 is 5.91 Å². The van der Waals surface area contributed by atoms with Gasteiger partial charge in [0.1, 0.15) is 18.4 Å². The standard InChI is InChI=1S/C19H23N3O2/c1-22(12-13-24-16-10-6-3-7-11-16)19(23)18-14-17(20-21-18)15-8-4-2-5-9-15/h2-11,17-18,20-21H,12-14H2,1H3. The Kier molecular flexibility index (Phi) is 5.46.